The van der Waals surface area contributed by atoms with E-state index in [1.54, 1.807) is 17.2 Å². The van der Waals surface area contributed by atoms with Crippen LogP contribution in [0.1, 0.15) is 27.7 Å². The van der Waals surface area contributed by atoms with E-state index in [0.717, 1.165) is 11.1 Å². The Bertz CT molecular complexity index is 762. The summed E-state index contributed by atoms with van der Waals surface area (Å²) in [5, 5.41) is 0. The molecule has 1 aliphatic rings. The number of carbonyl (C=O) groups excluding carboxylic acids is 2. The first kappa shape index (κ1) is 18.2. The van der Waals surface area contributed by atoms with Crippen LogP contribution in [0.2, 0.25) is 0 Å². The van der Waals surface area contributed by atoms with Gasteiger partial charge < -0.3 is 14.8 Å². The van der Waals surface area contributed by atoms with Crippen molar-refractivity contribution in [3.05, 3.63) is 59.4 Å². The van der Waals surface area contributed by atoms with E-state index < -0.39 is 0 Å². The SMILES string of the molecule is Cc1ccccc1[C@@H](C(=O)N1CCN(C(=O)c2ccc[nH]2)CC1)N(C)C. The number of rotatable bonds is 4. The van der Waals surface area contributed by atoms with Crippen LogP contribution in [-0.4, -0.2) is 71.8 Å². The number of hydrogen-bond donors (Lipinski definition) is 1. The number of aromatic nitrogens is 1. The van der Waals surface area contributed by atoms with Crippen molar-refractivity contribution in [1.82, 2.24) is 19.7 Å². The Labute approximate surface area is 154 Å². The van der Waals surface area contributed by atoms with Crippen LogP contribution < -0.4 is 0 Å². The van der Waals surface area contributed by atoms with E-state index in [-0.39, 0.29) is 17.9 Å². The fourth-order valence-electron chi connectivity index (χ4n) is 3.46. The predicted octanol–water partition coefficient (Wildman–Crippen LogP) is 1.91. The van der Waals surface area contributed by atoms with E-state index >= 15 is 0 Å². The Hall–Kier alpha value is -2.60. The second kappa shape index (κ2) is 7.74. The summed E-state index contributed by atoms with van der Waals surface area (Å²) in [6.07, 6.45) is 1.75. The Kier molecular flexibility index (Phi) is 5.42. The maximum atomic E-state index is 13.2. The molecule has 26 heavy (non-hydrogen) atoms. The molecule has 2 heterocycles. The lowest BCUT2D eigenvalue weighted by Gasteiger charge is -2.38. The van der Waals surface area contributed by atoms with Gasteiger partial charge in [0.05, 0.1) is 0 Å². The van der Waals surface area contributed by atoms with Crippen LogP contribution in [-0.2, 0) is 4.79 Å². The van der Waals surface area contributed by atoms with Crippen molar-refractivity contribution in [3.8, 4) is 0 Å². The van der Waals surface area contributed by atoms with E-state index in [2.05, 4.69) is 4.98 Å². The van der Waals surface area contributed by atoms with Gasteiger partial charge >= 0.3 is 0 Å². The van der Waals surface area contributed by atoms with Crippen molar-refractivity contribution in [2.45, 2.75) is 13.0 Å². The summed E-state index contributed by atoms with van der Waals surface area (Å²) in [6.45, 7) is 4.25. The quantitative estimate of drug-likeness (QED) is 0.912. The Balaban J connectivity index is 1.69. The smallest absolute Gasteiger partial charge is 0.270 e. The van der Waals surface area contributed by atoms with Gasteiger partial charge in [-0.1, -0.05) is 24.3 Å². The number of aromatic amines is 1. The van der Waals surface area contributed by atoms with Gasteiger partial charge in [-0.3, -0.25) is 14.5 Å². The molecule has 1 saturated heterocycles. The minimum atomic E-state index is -0.304. The molecule has 0 aliphatic carbocycles. The third-order valence-corrected chi connectivity index (χ3v) is 4.94. The Morgan fingerprint density at radius 2 is 1.65 bits per heavy atom. The highest BCUT2D eigenvalue weighted by atomic mass is 16.2. The Morgan fingerprint density at radius 3 is 2.23 bits per heavy atom. The molecule has 1 aliphatic heterocycles. The van der Waals surface area contributed by atoms with Gasteiger partial charge in [-0.25, -0.2) is 0 Å². The minimum absolute atomic E-state index is 0.00911. The molecule has 2 aromatic rings. The van der Waals surface area contributed by atoms with E-state index in [0.29, 0.717) is 31.9 Å². The molecule has 0 unspecified atom stereocenters. The topological polar surface area (TPSA) is 59.7 Å². The first-order valence-electron chi connectivity index (χ1n) is 8.92. The highest BCUT2D eigenvalue weighted by Gasteiger charge is 2.32. The van der Waals surface area contributed by atoms with Gasteiger partial charge in [0.25, 0.3) is 5.91 Å². The molecule has 1 N–H and O–H groups in total. The molecule has 1 aromatic carbocycles. The van der Waals surface area contributed by atoms with Gasteiger partial charge in [-0.2, -0.15) is 0 Å². The molecule has 0 bridgehead atoms. The molecule has 1 atom stereocenters. The van der Waals surface area contributed by atoms with Gasteiger partial charge in [0.1, 0.15) is 11.7 Å². The fourth-order valence-corrected chi connectivity index (χ4v) is 3.46. The molecule has 0 spiro atoms. The summed E-state index contributed by atoms with van der Waals surface area (Å²) >= 11 is 0. The first-order valence-corrected chi connectivity index (χ1v) is 8.92. The van der Waals surface area contributed by atoms with Crippen molar-refractivity contribution in [3.63, 3.8) is 0 Å². The molecular formula is C20H26N4O2. The number of H-pyrrole nitrogens is 1. The number of benzene rings is 1. The highest BCUT2D eigenvalue weighted by molar-refractivity contribution is 5.92. The average molecular weight is 354 g/mol. The number of carbonyl (C=O) groups is 2. The number of piperazine rings is 1. The van der Waals surface area contributed by atoms with E-state index in [1.165, 1.54) is 0 Å². The maximum absolute atomic E-state index is 13.2. The van der Waals surface area contributed by atoms with Crippen LogP contribution in [0.3, 0.4) is 0 Å². The van der Waals surface area contributed by atoms with Gasteiger partial charge in [0, 0.05) is 32.4 Å². The molecule has 1 fully saturated rings. The van der Waals surface area contributed by atoms with Crippen molar-refractivity contribution < 1.29 is 9.59 Å². The number of likely N-dealkylation sites (N-methyl/N-ethyl adjacent to an activating group) is 1. The zero-order valence-electron chi connectivity index (χ0n) is 15.6. The second-order valence-electron chi connectivity index (χ2n) is 6.92. The van der Waals surface area contributed by atoms with Gasteiger partial charge in [0.2, 0.25) is 5.91 Å². The van der Waals surface area contributed by atoms with E-state index in [9.17, 15) is 9.59 Å². The molecule has 1 aromatic heterocycles. The molecule has 6 heteroatoms. The summed E-state index contributed by atoms with van der Waals surface area (Å²) in [7, 11) is 3.86. The van der Waals surface area contributed by atoms with Gasteiger partial charge in [-0.05, 0) is 44.3 Å². The third-order valence-electron chi connectivity index (χ3n) is 4.94. The molecule has 2 amide bonds. The lowest BCUT2D eigenvalue weighted by molar-refractivity contribution is -0.137. The summed E-state index contributed by atoms with van der Waals surface area (Å²) in [6, 6.07) is 11.3. The highest BCUT2D eigenvalue weighted by Crippen LogP contribution is 2.24. The number of aryl methyl sites for hydroxylation is 1. The standard InChI is InChI=1S/C20H26N4O2/c1-15-7-4-5-8-16(15)18(22(2)3)20(26)24-13-11-23(12-14-24)19(25)17-9-6-10-21-17/h4-10,18,21H,11-14H2,1-3H3/t18-/m0/s1. The van der Waals surface area contributed by atoms with Crippen LogP contribution in [0, 0.1) is 6.92 Å². The van der Waals surface area contributed by atoms with Crippen LogP contribution in [0.5, 0.6) is 0 Å². The number of amides is 2. The molecule has 0 saturated carbocycles. The van der Waals surface area contributed by atoms with Crippen LogP contribution in [0.4, 0.5) is 0 Å². The predicted molar refractivity (Wildman–Crippen MR) is 101 cm³/mol. The molecule has 6 nitrogen and oxygen atoms in total. The summed E-state index contributed by atoms with van der Waals surface area (Å²) in [5.41, 5.74) is 2.74. The molecule has 3 rings (SSSR count). The van der Waals surface area contributed by atoms with Crippen molar-refractivity contribution in [1.29, 1.82) is 0 Å². The van der Waals surface area contributed by atoms with Crippen molar-refractivity contribution in [2.24, 2.45) is 0 Å². The molecule has 138 valence electrons. The lowest BCUT2D eigenvalue weighted by Crippen LogP contribution is -2.53. The largest absolute Gasteiger partial charge is 0.357 e. The average Bonchev–Trinajstić information content (AvgIpc) is 3.17. The normalized spacial score (nSPS) is 16.0. The Morgan fingerprint density at radius 1 is 1.00 bits per heavy atom. The maximum Gasteiger partial charge on any atom is 0.270 e. The summed E-state index contributed by atoms with van der Waals surface area (Å²) in [4.78, 5) is 34.2. The zero-order valence-corrected chi connectivity index (χ0v) is 15.6. The molecular weight excluding hydrogens is 328 g/mol. The van der Waals surface area contributed by atoms with Crippen LogP contribution >= 0.6 is 0 Å². The van der Waals surface area contributed by atoms with Crippen LogP contribution in [0.25, 0.3) is 0 Å². The minimum Gasteiger partial charge on any atom is -0.357 e. The fraction of sp³-hybridized carbons (Fsp3) is 0.400. The lowest BCUT2D eigenvalue weighted by atomic mass is 9.99. The second-order valence-corrected chi connectivity index (χ2v) is 6.92. The number of hydrogen-bond acceptors (Lipinski definition) is 3. The van der Waals surface area contributed by atoms with Gasteiger partial charge in [0.15, 0.2) is 0 Å². The summed E-state index contributed by atoms with van der Waals surface area (Å²) < 4.78 is 0. The summed E-state index contributed by atoms with van der Waals surface area (Å²) in [5.74, 6) is 0.0847. The zero-order chi connectivity index (χ0) is 18.7. The van der Waals surface area contributed by atoms with Crippen molar-refractivity contribution >= 4 is 11.8 Å². The third kappa shape index (κ3) is 3.65. The van der Waals surface area contributed by atoms with Crippen LogP contribution in [0.15, 0.2) is 42.6 Å². The molecule has 0 radical (unpaired) electrons. The van der Waals surface area contributed by atoms with E-state index in [4.69, 9.17) is 0 Å². The van der Waals surface area contributed by atoms with Crippen molar-refractivity contribution in [2.75, 3.05) is 40.3 Å². The number of nitrogens with zero attached hydrogens (tertiary/aromatic N) is 3. The van der Waals surface area contributed by atoms with Gasteiger partial charge in [-0.15, -0.1) is 0 Å². The number of nitrogens with one attached hydrogen (secondary N) is 1. The monoisotopic (exact) mass is 354 g/mol. The van der Waals surface area contributed by atoms with E-state index in [1.807, 2.05) is 61.2 Å². The first-order chi connectivity index (χ1) is 12.5.